The number of benzene rings is 4. The number of carboxylic acids is 1. The number of rotatable bonds is 10. The second-order valence-electron chi connectivity index (χ2n) is 9.19. The van der Waals surface area contributed by atoms with E-state index in [1.54, 1.807) is 12.1 Å². The van der Waals surface area contributed by atoms with Crippen LogP contribution in [0.2, 0.25) is 0 Å². The fourth-order valence-corrected chi connectivity index (χ4v) is 4.58. The maximum atomic E-state index is 11.7. The first-order valence-corrected chi connectivity index (χ1v) is 12.7. The van der Waals surface area contributed by atoms with Crippen LogP contribution in [0.5, 0.6) is 5.75 Å². The van der Waals surface area contributed by atoms with E-state index in [2.05, 4.69) is 41.8 Å². The van der Waals surface area contributed by atoms with Gasteiger partial charge in [-0.05, 0) is 46.9 Å². The number of carbonyl (C=O) groups is 1. The van der Waals surface area contributed by atoms with E-state index < -0.39 is 5.97 Å². The third-order valence-electron chi connectivity index (χ3n) is 6.56. The molecule has 0 fully saturated rings. The number of imidazole rings is 1. The Balaban J connectivity index is 1.43. The number of nitrogens with zero attached hydrogens (tertiary/aromatic N) is 2. The van der Waals surface area contributed by atoms with Gasteiger partial charge in [-0.15, -0.1) is 0 Å². The van der Waals surface area contributed by atoms with E-state index in [-0.39, 0.29) is 0 Å². The van der Waals surface area contributed by atoms with Crippen LogP contribution in [0.15, 0.2) is 97.1 Å². The highest BCUT2D eigenvalue weighted by Gasteiger charge is 2.14. The Kier molecular flexibility index (Phi) is 7.31. The summed E-state index contributed by atoms with van der Waals surface area (Å²) in [5, 5.41) is 9.56. The van der Waals surface area contributed by atoms with Gasteiger partial charge in [0.1, 0.15) is 18.2 Å². The van der Waals surface area contributed by atoms with Crippen LogP contribution >= 0.6 is 0 Å². The topological polar surface area (TPSA) is 64.4 Å². The lowest BCUT2D eigenvalue weighted by atomic mass is 9.99. The first kappa shape index (κ1) is 24.3. The number of unbranched alkanes of at least 4 members (excludes halogenated alkanes) is 1. The molecule has 0 spiro atoms. The number of aryl methyl sites for hydroxylation is 1. The Hall–Kier alpha value is -4.38. The summed E-state index contributed by atoms with van der Waals surface area (Å²) < 4.78 is 8.38. The summed E-state index contributed by atoms with van der Waals surface area (Å²) >= 11 is 0. The summed E-state index contributed by atoms with van der Waals surface area (Å²) in [4.78, 5) is 16.6. The zero-order valence-corrected chi connectivity index (χ0v) is 20.9. The normalized spacial score (nSPS) is 11.1. The lowest BCUT2D eigenvalue weighted by Crippen LogP contribution is -2.06. The average Bonchev–Trinajstić information content (AvgIpc) is 3.28. The van der Waals surface area contributed by atoms with Crippen molar-refractivity contribution in [3.8, 4) is 16.9 Å². The number of hydrogen-bond donors (Lipinski definition) is 1. The van der Waals surface area contributed by atoms with E-state index in [4.69, 9.17) is 9.72 Å². The molecule has 0 aliphatic carbocycles. The zero-order valence-electron chi connectivity index (χ0n) is 20.9. The van der Waals surface area contributed by atoms with Crippen molar-refractivity contribution in [2.24, 2.45) is 0 Å². The van der Waals surface area contributed by atoms with Gasteiger partial charge in [-0.1, -0.05) is 86.1 Å². The van der Waals surface area contributed by atoms with Crippen molar-refractivity contribution in [3.63, 3.8) is 0 Å². The predicted molar refractivity (Wildman–Crippen MR) is 147 cm³/mol. The van der Waals surface area contributed by atoms with Crippen molar-refractivity contribution in [1.29, 1.82) is 0 Å². The van der Waals surface area contributed by atoms with Crippen molar-refractivity contribution in [3.05, 3.63) is 120 Å². The Bertz CT molecular complexity index is 1500. The van der Waals surface area contributed by atoms with Gasteiger partial charge < -0.3 is 14.4 Å². The van der Waals surface area contributed by atoms with Crippen molar-refractivity contribution >= 4 is 17.0 Å². The number of hydrogen-bond acceptors (Lipinski definition) is 3. The van der Waals surface area contributed by atoms with Crippen LogP contribution in [0.3, 0.4) is 0 Å². The van der Waals surface area contributed by atoms with E-state index in [9.17, 15) is 9.90 Å². The smallest absolute Gasteiger partial charge is 0.336 e. The molecule has 0 saturated carbocycles. The van der Waals surface area contributed by atoms with Crippen LogP contribution in [0.25, 0.3) is 22.2 Å². The molecule has 1 heterocycles. The molecule has 0 amide bonds. The maximum Gasteiger partial charge on any atom is 0.336 e. The number of fused-ring (bicyclic) bond motifs is 1. The predicted octanol–water partition coefficient (Wildman–Crippen LogP) is 7.37. The standard InChI is InChI=1S/C32H30N2O3/c1-2-3-13-31-33-29-19-18-26(37-22-24-9-5-4-6-10-24)20-30(29)34(31)21-23-14-16-25(17-15-23)27-11-7-8-12-28(27)32(35)36/h4-12,14-20H,2-3,13,21-22H2,1H3,(H,35,36). The van der Waals surface area contributed by atoms with Crippen LogP contribution < -0.4 is 4.74 Å². The Labute approximate surface area is 217 Å². The highest BCUT2D eigenvalue weighted by Crippen LogP contribution is 2.27. The zero-order chi connectivity index (χ0) is 25.6. The van der Waals surface area contributed by atoms with Crippen LogP contribution in [0, 0.1) is 0 Å². The second kappa shape index (κ2) is 11.1. The van der Waals surface area contributed by atoms with E-state index in [1.165, 1.54) is 0 Å². The number of ether oxygens (including phenoxy) is 1. The van der Waals surface area contributed by atoms with Crippen LogP contribution in [-0.4, -0.2) is 20.6 Å². The van der Waals surface area contributed by atoms with Gasteiger partial charge in [0.15, 0.2) is 0 Å². The quantitative estimate of drug-likeness (QED) is 0.222. The van der Waals surface area contributed by atoms with Crippen molar-refractivity contribution in [2.45, 2.75) is 39.3 Å². The van der Waals surface area contributed by atoms with Crippen LogP contribution in [0.4, 0.5) is 0 Å². The van der Waals surface area contributed by atoms with Crippen LogP contribution in [-0.2, 0) is 19.6 Å². The fourth-order valence-electron chi connectivity index (χ4n) is 4.58. The molecule has 5 rings (SSSR count). The molecule has 1 N–H and O–H groups in total. The SMILES string of the molecule is CCCCc1nc2ccc(OCc3ccccc3)cc2n1Cc1ccc(-c2ccccc2C(=O)O)cc1. The van der Waals surface area contributed by atoms with Gasteiger partial charge in [-0.25, -0.2) is 9.78 Å². The van der Waals surface area contributed by atoms with E-state index in [0.29, 0.717) is 18.7 Å². The summed E-state index contributed by atoms with van der Waals surface area (Å²) in [7, 11) is 0. The molecule has 5 aromatic rings. The molecule has 0 aliphatic rings. The molecule has 1 aromatic heterocycles. The molecular weight excluding hydrogens is 460 g/mol. The van der Waals surface area contributed by atoms with Crippen molar-refractivity contribution < 1.29 is 14.6 Å². The lowest BCUT2D eigenvalue weighted by molar-refractivity contribution is 0.0697. The monoisotopic (exact) mass is 490 g/mol. The third kappa shape index (κ3) is 5.56. The van der Waals surface area contributed by atoms with E-state index >= 15 is 0 Å². The summed E-state index contributed by atoms with van der Waals surface area (Å²) in [5.74, 6) is 0.966. The molecule has 0 atom stereocenters. The van der Waals surface area contributed by atoms with Gasteiger partial charge in [-0.2, -0.15) is 0 Å². The van der Waals surface area contributed by atoms with Gasteiger partial charge in [0.25, 0.3) is 0 Å². The summed E-state index contributed by atoms with van der Waals surface area (Å²) in [6, 6.07) is 31.5. The number of carboxylic acid groups (broad SMARTS) is 1. The highest BCUT2D eigenvalue weighted by molar-refractivity contribution is 5.96. The lowest BCUT2D eigenvalue weighted by Gasteiger charge is -2.12. The number of aromatic nitrogens is 2. The van der Waals surface area contributed by atoms with Gasteiger partial charge >= 0.3 is 5.97 Å². The molecule has 5 nitrogen and oxygen atoms in total. The summed E-state index contributed by atoms with van der Waals surface area (Å²) in [6.07, 6.45) is 3.09. The summed E-state index contributed by atoms with van der Waals surface area (Å²) in [5.41, 5.74) is 6.19. The van der Waals surface area contributed by atoms with Crippen LogP contribution in [0.1, 0.15) is 47.1 Å². The van der Waals surface area contributed by atoms with Gasteiger partial charge in [0.2, 0.25) is 0 Å². The first-order chi connectivity index (χ1) is 18.1. The Morgan fingerprint density at radius 2 is 1.65 bits per heavy atom. The molecule has 5 heteroatoms. The van der Waals surface area contributed by atoms with Crippen molar-refractivity contribution in [2.75, 3.05) is 0 Å². The highest BCUT2D eigenvalue weighted by atomic mass is 16.5. The molecule has 0 aliphatic heterocycles. The van der Waals surface area contributed by atoms with Gasteiger partial charge in [0.05, 0.1) is 16.6 Å². The molecule has 0 saturated heterocycles. The minimum absolute atomic E-state index is 0.306. The largest absolute Gasteiger partial charge is 0.489 e. The average molecular weight is 491 g/mol. The molecule has 186 valence electrons. The first-order valence-electron chi connectivity index (χ1n) is 12.7. The minimum atomic E-state index is -0.921. The van der Waals surface area contributed by atoms with E-state index in [0.717, 1.165) is 64.1 Å². The third-order valence-corrected chi connectivity index (χ3v) is 6.56. The molecular formula is C32H30N2O3. The summed E-state index contributed by atoms with van der Waals surface area (Å²) in [6.45, 7) is 3.39. The second-order valence-corrected chi connectivity index (χ2v) is 9.19. The molecule has 37 heavy (non-hydrogen) atoms. The fraction of sp³-hybridized carbons (Fsp3) is 0.188. The molecule has 0 radical (unpaired) electrons. The Morgan fingerprint density at radius 1 is 0.892 bits per heavy atom. The number of aromatic carboxylic acids is 1. The van der Waals surface area contributed by atoms with Crippen molar-refractivity contribution in [1.82, 2.24) is 9.55 Å². The molecule has 0 unspecified atom stereocenters. The maximum absolute atomic E-state index is 11.7. The van der Waals surface area contributed by atoms with Gasteiger partial charge in [0, 0.05) is 19.0 Å². The molecule has 4 aromatic carbocycles. The Morgan fingerprint density at radius 3 is 2.41 bits per heavy atom. The minimum Gasteiger partial charge on any atom is -0.489 e. The van der Waals surface area contributed by atoms with Gasteiger partial charge in [-0.3, -0.25) is 0 Å². The van der Waals surface area contributed by atoms with E-state index in [1.807, 2.05) is 54.6 Å². The molecule has 0 bridgehead atoms.